The predicted molar refractivity (Wildman–Crippen MR) is 156 cm³/mol. The lowest BCUT2D eigenvalue weighted by atomic mass is 10.1. The second-order valence-electron chi connectivity index (χ2n) is 9.28. The maximum atomic E-state index is 5.91. The van der Waals surface area contributed by atoms with Gasteiger partial charge in [0.05, 0.1) is 0 Å². The van der Waals surface area contributed by atoms with E-state index in [2.05, 4.69) is 94.7 Å². The van der Waals surface area contributed by atoms with E-state index in [1.807, 2.05) is 24.3 Å². The molecule has 4 aromatic rings. The molecular formula is C32H38N4. The van der Waals surface area contributed by atoms with Gasteiger partial charge in [0, 0.05) is 47.2 Å². The Kier molecular flexibility index (Phi) is 9.26. The first-order valence-corrected chi connectivity index (χ1v) is 13.1. The minimum absolute atomic E-state index is 0.800. The topological polar surface area (TPSA) is 58.5 Å². The van der Waals surface area contributed by atoms with Crippen LogP contribution in [0.1, 0.15) is 38.5 Å². The van der Waals surface area contributed by atoms with Crippen molar-refractivity contribution >= 4 is 34.1 Å². The van der Waals surface area contributed by atoms with Gasteiger partial charge in [-0.3, -0.25) is 0 Å². The number of benzene rings is 4. The highest BCUT2D eigenvalue weighted by Crippen LogP contribution is 2.28. The van der Waals surface area contributed by atoms with Gasteiger partial charge in [-0.15, -0.1) is 0 Å². The summed E-state index contributed by atoms with van der Waals surface area (Å²) in [6.45, 7) is 2.01. The van der Waals surface area contributed by atoms with E-state index < -0.39 is 0 Å². The van der Waals surface area contributed by atoms with Gasteiger partial charge in [-0.25, -0.2) is 0 Å². The fraction of sp³-hybridized carbons (Fsp3) is 0.250. The molecule has 4 aromatic carbocycles. The Morgan fingerprint density at radius 3 is 1.03 bits per heavy atom. The molecule has 0 fully saturated rings. The van der Waals surface area contributed by atoms with E-state index in [9.17, 15) is 0 Å². The van der Waals surface area contributed by atoms with E-state index in [-0.39, 0.29) is 0 Å². The summed E-state index contributed by atoms with van der Waals surface area (Å²) < 4.78 is 0. The molecule has 0 saturated heterocycles. The number of rotatable bonds is 13. The summed E-state index contributed by atoms with van der Waals surface area (Å²) in [6.07, 6.45) is 7.33. The zero-order valence-electron chi connectivity index (χ0n) is 21.1. The SMILES string of the molecule is Nc1ccc(N(CCCCCCCCN(c2ccccc2)c2ccc(N)cc2)c2ccccc2)cc1. The average Bonchev–Trinajstić information content (AvgIpc) is 2.92. The Balaban J connectivity index is 1.23. The Morgan fingerprint density at radius 2 is 0.667 bits per heavy atom. The summed E-state index contributed by atoms with van der Waals surface area (Å²) in [5, 5.41) is 0. The van der Waals surface area contributed by atoms with Gasteiger partial charge in [0.15, 0.2) is 0 Å². The highest BCUT2D eigenvalue weighted by atomic mass is 15.1. The number of hydrogen-bond acceptors (Lipinski definition) is 4. The molecule has 0 spiro atoms. The van der Waals surface area contributed by atoms with Crippen LogP contribution >= 0.6 is 0 Å². The third-order valence-corrected chi connectivity index (χ3v) is 6.56. The molecule has 186 valence electrons. The molecule has 0 aliphatic heterocycles. The molecule has 4 heteroatoms. The van der Waals surface area contributed by atoms with E-state index in [4.69, 9.17) is 11.5 Å². The van der Waals surface area contributed by atoms with Crippen molar-refractivity contribution in [2.24, 2.45) is 0 Å². The minimum Gasteiger partial charge on any atom is -0.399 e. The number of hydrogen-bond donors (Lipinski definition) is 2. The van der Waals surface area contributed by atoms with Crippen LogP contribution in [-0.4, -0.2) is 13.1 Å². The number of nitrogen functional groups attached to an aromatic ring is 2. The maximum Gasteiger partial charge on any atom is 0.0412 e. The molecule has 4 nitrogen and oxygen atoms in total. The molecule has 4 N–H and O–H groups in total. The molecule has 0 unspecified atom stereocenters. The van der Waals surface area contributed by atoms with Crippen LogP contribution in [-0.2, 0) is 0 Å². The Labute approximate surface area is 216 Å². The molecule has 0 atom stereocenters. The van der Waals surface area contributed by atoms with Crippen LogP contribution in [0.15, 0.2) is 109 Å². The molecule has 0 radical (unpaired) electrons. The first-order valence-electron chi connectivity index (χ1n) is 13.1. The van der Waals surface area contributed by atoms with Crippen molar-refractivity contribution in [2.75, 3.05) is 34.4 Å². The fourth-order valence-corrected chi connectivity index (χ4v) is 4.59. The third kappa shape index (κ3) is 7.29. The van der Waals surface area contributed by atoms with Crippen molar-refractivity contribution in [3.63, 3.8) is 0 Å². The quantitative estimate of drug-likeness (QED) is 0.150. The molecule has 36 heavy (non-hydrogen) atoms. The Morgan fingerprint density at radius 1 is 0.361 bits per heavy atom. The molecule has 0 amide bonds. The molecule has 0 aliphatic carbocycles. The standard InChI is InChI=1S/C32H38N4/c33-27-17-21-31(22-18-27)35(29-13-7-5-8-14-29)25-11-3-1-2-4-12-26-36(30-15-9-6-10-16-30)32-23-19-28(34)20-24-32/h5-10,13-24H,1-4,11-12,25-26,33-34H2. The highest BCUT2D eigenvalue weighted by molar-refractivity contribution is 5.66. The number of unbranched alkanes of at least 4 members (excludes halogenated alkanes) is 5. The second-order valence-corrected chi connectivity index (χ2v) is 9.28. The first kappa shape index (κ1) is 25.2. The first-order chi connectivity index (χ1) is 17.7. The molecule has 0 heterocycles. The fourth-order valence-electron chi connectivity index (χ4n) is 4.59. The molecule has 0 saturated carbocycles. The summed E-state index contributed by atoms with van der Waals surface area (Å²) in [7, 11) is 0. The van der Waals surface area contributed by atoms with Crippen LogP contribution in [0, 0.1) is 0 Å². The normalized spacial score (nSPS) is 10.8. The molecular weight excluding hydrogens is 440 g/mol. The molecule has 0 aliphatic rings. The van der Waals surface area contributed by atoms with Gasteiger partial charge in [-0.2, -0.15) is 0 Å². The van der Waals surface area contributed by atoms with Crippen molar-refractivity contribution in [1.82, 2.24) is 0 Å². The van der Waals surface area contributed by atoms with Crippen LogP contribution < -0.4 is 21.3 Å². The van der Waals surface area contributed by atoms with Gasteiger partial charge in [0.25, 0.3) is 0 Å². The highest BCUT2D eigenvalue weighted by Gasteiger charge is 2.10. The van der Waals surface area contributed by atoms with E-state index in [0.717, 1.165) is 24.5 Å². The largest absolute Gasteiger partial charge is 0.399 e. The summed E-state index contributed by atoms with van der Waals surface area (Å²) >= 11 is 0. The van der Waals surface area contributed by atoms with Crippen molar-refractivity contribution in [2.45, 2.75) is 38.5 Å². The third-order valence-electron chi connectivity index (χ3n) is 6.56. The van der Waals surface area contributed by atoms with E-state index in [1.54, 1.807) is 0 Å². The summed E-state index contributed by atoms with van der Waals surface area (Å²) in [5.74, 6) is 0. The van der Waals surface area contributed by atoms with Gasteiger partial charge in [0.1, 0.15) is 0 Å². The number of para-hydroxylation sites is 2. The van der Waals surface area contributed by atoms with Gasteiger partial charge in [-0.05, 0) is 85.6 Å². The monoisotopic (exact) mass is 478 g/mol. The Bertz CT molecular complexity index is 1050. The van der Waals surface area contributed by atoms with Crippen LogP contribution in [0.5, 0.6) is 0 Å². The lowest BCUT2D eigenvalue weighted by Gasteiger charge is -2.25. The lowest BCUT2D eigenvalue weighted by Crippen LogP contribution is -2.18. The van der Waals surface area contributed by atoms with E-state index in [1.165, 1.54) is 61.3 Å². The minimum atomic E-state index is 0.800. The van der Waals surface area contributed by atoms with Crippen molar-refractivity contribution in [3.05, 3.63) is 109 Å². The molecule has 0 bridgehead atoms. The van der Waals surface area contributed by atoms with Gasteiger partial charge < -0.3 is 21.3 Å². The van der Waals surface area contributed by atoms with Crippen LogP contribution in [0.2, 0.25) is 0 Å². The van der Waals surface area contributed by atoms with Crippen LogP contribution in [0.3, 0.4) is 0 Å². The summed E-state index contributed by atoms with van der Waals surface area (Å²) in [6, 6.07) is 37.6. The summed E-state index contributed by atoms with van der Waals surface area (Å²) in [5.41, 5.74) is 18.3. The van der Waals surface area contributed by atoms with Crippen molar-refractivity contribution < 1.29 is 0 Å². The summed E-state index contributed by atoms with van der Waals surface area (Å²) in [4.78, 5) is 4.79. The zero-order chi connectivity index (χ0) is 25.0. The van der Waals surface area contributed by atoms with E-state index >= 15 is 0 Å². The van der Waals surface area contributed by atoms with Crippen LogP contribution in [0.25, 0.3) is 0 Å². The smallest absolute Gasteiger partial charge is 0.0412 e. The second kappa shape index (κ2) is 13.2. The van der Waals surface area contributed by atoms with Crippen LogP contribution in [0.4, 0.5) is 34.1 Å². The van der Waals surface area contributed by atoms with Gasteiger partial charge in [-0.1, -0.05) is 62.1 Å². The van der Waals surface area contributed by atoms with Crippen molar-refractivity contribution in [1.29, 1.82) is 0 Å². The number of nitrogens with two attached hydrogens (primary N) is 2. The zero-order valence-corrected chi connectivity index (χ0v) is 21.1. The van der Waals surface area contributed by atoms with Gasteiger partial charge >= 0.3 is 0 Å². The maximum absolute atomic E-state index is 5.91. The number of nitrogens with zero attached hydrogens (tertiary/aromatic N) is 2. The van der Waals surface area contributed by atoms with E-state index in [0.29, 0.717) is 0 Å². The molecule has 4 rings (SSSR count). The Hall–Kier alpha value is -3.92. The average molecular weight is 479 g/mol. The van der Waals surface area contributed by atoms with Crippen molar-refractivity contribution in [3.8, 4) is 0 Å². The van der Waals surface area contributed by atoms with Gasteiger partial charge in [0.2, 0.25) is 0 Å². The molecule has 0 aromatic heterocycles. The number of anilines is 6. The predicted octanol–water partition coefficient (Wildman–Crippen LogP) is 8.17. The lowest BCUT2D eigenvalue weighted by molar-refractivity contribution is 0.597.